The van der Waals surface area contributed by atoms with Crippen molar-refractivity contribution >= 4 is 22.8 Å². The fourth-order valence-corrected chi connectivity index (χ4v) is 4.48. The fraction of sp³-hybridized carbons (Fsp3) is 0.391. The summed E-state index contributed by atoms with van der Waals surface area (Å²) >= 11 is 0. The van der Waals surface area contributed by atoms with Crippen molar-refractivity contribution < 1.29 is 23.2 Å². The highest BCUT2D eigenvalue weighted by atomic mass is 16.5. The summed E-state index contributed by atoms with van der Waals surface area (Å²) in [4.78, 5) is 26.8. The molecule has 2 fully saturated rings. The Morgan fingerprint density at radius 2 is 1.97 bits per heavy atom. The van der Waals surface area contributed by atoms with Crippen molar-refractivity contribution in [2.75, 3.05) is 19.6 Å². The zero-order chi connectivity index (χ0) is 20.6. The number of fused-ring (bicyclic) bond motifs is 1. The number of likely N-dealkylation sites (tertiary alicyclic amines) is 1. The van der Waals surface area contributed by atoms with Gasteiger partial charge in [-0.05, 0) is 43.9 Å². The normalized spacial score (nSPS) is 20.7. The van der Waals surface area contributed by atoms with Gasteiger partial charge in [0.15, 0.2) is 5.76 Å². The molecule has 1 spiro atoms. The minimum atomic E-state index is -0.226. The van der Waals surface area contributed by atoms with Gasteiger partial charge in [-0.1, -0.05) is 18.2 Å². The molecular formula is C23H24N2O5. The van der Waals surface area contributed by atoms with Crippen LogP contribution in [0.4, 0.5) is 0 Å². The van der Waals surface area contributed by atoms with E-state index in [0.29, 0.717) is 36.5 Å². The van der Waals surface area contributed by atoms with E-state index in [1.807, 2.05) is 29.2 Å². The van der Waals surface area contributed by atoms with Gasteiger partial charge in [-0.15, -0.1) is 0 Å². The molecule has 2 amide bonds. The van der Waals surface area contributed by atoms with Gasteiger partial charge >= 0.3 is 0 Å². The summed E-state index contributed by atoms with van der Waals surface area (Å²) < 4.78 is 17.0. The number of nitrogens with one attached hydrogen (secondary N) is 1. The highest BCUT2D eigenvalue weighted by Crippen LogP contribution is 2.39. The standard InChI is InChI=1S/C23H24N2O5/c26-21(20-13-16-3-1-2-4-19(16)29-20)24-14-18-5-7-23(30-18)8-10-25(11-9-23)22(27)17-6-12-28-15-17/h1-4,6,12-13,15,18H,5,7-11,14H2,(H,24,26). The van der Waals surface area contributed by atoms with Gasteiger partial charge in [0.2, 0.25) is 0 Å². The van der Waals surface area contributed by atoms with Crippen LogP contribution in [0.25, 0.3) is 11.0 Å². The molecular weight excluding hydrogens is 384 g/mol. The monoisotopic (exact) mass is 408 g/mol. The number of furan rings is 2. The zero-order valence-corrected chi connectivity index (χ0v) is 16.6. The maximum absolute atomic E-state index is 12.5. The molecule has 4 heterocycles. The maximum atomic E-state index is 12.5. The lowest BCUT2D eigenvalue weighted by Crippen LogP contribution is -2.47. The third-order valence-electron chi connectivity index (χ3n) is 6.21. The second kappa shape index (κ2) is 7.65. The largest absolute Gasteiger partial charge is 0.472 e. The second-order valence-electron chi connectivity index (χ2n) is 8.12. The van der Waals surface area contributed by atoms with Crippen molar-refractivity contribution in [3.8, 4) is 0 Å². The Morgan fingerprint density at radius 3 is 2.73 bits per heavy atom. The van der Waals surface area contributed by atoms with Crippen LogP contribution in [0.15, 0.2) is 57.8 Å². The minimum Gasteiger partial charge on any atom is -0.472 e. The first-order valence-electron chi connectivity index (χ1n) is 10.4. The second-order valence-corrected chi connectivity index (χ2v) is 8.12. The number of nitrogens with zero attached hydrogens (tertiary/aromatic N) is 1. The summed E-state index contributed by atoms with van der Waals surface area (Å²) in [7, 11) is 0. The van der Waals surface area contributed by atoms with Gasteiger partial charge in [0.05, 0.1) is 23.5 Å². The molecule has 2 aromatic heterocycles. The summed E-state index contributed by atoms with van der Waals surface area (Å²) in [5.74, 6) is 0.0949. The molecule has 0 radical (unpaired) electrons. The Kier molecular flexibility index (Phi) is 4.83. The lowest BCUT2D eigenvalue weighted by atomic mass is 9.88. The molecule has 1 aromatic carbocycles. The van der Waals surface area contributed by atoms with E-state index in [1.165, 1.54) is 12.5 Å². The summed E-state index contributed by atoms with van der Waals surface area (Å²) in [5.41, 5.74) is 1.10. The van der Waals surface area contributed by atoms with E-state index in [1.54, 1.807) is 12.1 Å². The molecule has 1 unspecified atom stereocenters. The van der Waals surface area contributed by atoms with E-state index >= 15 is 0 Å². The molecule has 7 nitrogen and oxygen atoms in total. The number of amides is 2. The molecule has 0 saturated carbocycles. The summed E-state index contributed by atoms with van der Waals surface area (Å²) in [6.07, 6.45) is 6.45. The highest BCUT2D eigenvalue weighted by molar-refractivity contribution is 5.96. The first-order chi connectivity index (χ1) is 14.6. The molecule has 2 aliphatic rings. The van der Waals surface area contributed by atoms with Gasteiger partial charge in [-0.25, -0.2) is 0 Å². The van der Waals surface area contributed by atoms with Crippen molar-refractivity contribution in [3.05, 3.63) is 60.2 Å². The average Bonchev–Trinajstić information content (AvgIpc) is 3.52. The van der Waals surface area contributed by atoms with Gasteiger partial charge in [0.1, 0.15) is 11.8 Å². The van der Waals surface area contributed by atoms with Crippen LogP contribution in [0.2, 0.25) is 0 Å². The molecule has 156 valence electrons. The molecule has 30 heavy (non-hydrogen) atoms. The molecule has 1 atom stereocenters. The van der Waals surface area contributed by atoms with E-state index in [2.05, 4.69) is 5.32 Å². The Labute approximate surface area is 174 Å². The van der Waals surface area contributed by atoms with E-state index in [-0.39, 0.29) is 23.5 Å². The number of carbonyl (C=O) groups excluding carboxylic acids is 2. The fourth-order valence-electron chi connectivity index (χ4n) is 4.48. The molecule has 7 heteroatoms. The Bertz CT molecular complexity index is 1010. The Hall–Kier alpha value is -3.06. The van der Waals surface area contributed by atoms with Gasteiger partial charge in [-0.3, -0.25) is 9.59 Å². The first kappa shape index (κ1) is 18.9. The number of hydrogen-bond acceptors (Lipinski definition) is 5. The van der Waals surface area contributed by atoms with Crippen LogP contribution in [-0.2, 0) is 4.74 Å². The predicted octanol–water partition coefficient (Wildman–Crippen LogP) is 3.61. The highest BCUT2D eigenvalue weighted by Gasteiger charge is 2.43. The number of benzene rings is 1. The zero-order valence-electron chi connectivity index (χ0n) is 16.6. The van der Waals surface area contributed by atoms with Crippen molar-refractivity contribution in [3.63, 3.8) is 0 Å². The summed E-state index contributed by atoms with van der Waals surface area (Å²) in [6, 6.07) is 11.0. The number of piperidine rings is 1. The SMILES string of the molecule is O=C(NCC1CCC2(CCN(C(=O)c3ccoc3)CC2)O1)c1cc2ccccc2o1. The number of carbonyl (C=O) groups is 2. The molecule has 1 N–H and O–H groups in total. The molecule has 2 aliphatic heterocycles. The molecule has 3 aromatic rings. The average molecular weight is 408 g/mol. The summed E-state index contributed by atoms with van der Waals surface area (Å²) in [6.45, 7) is 1.79. The van der Waals surface area contributed by atoms with Crippen molar-refractivity contribution in [2.24, 2.45) is 0 Å². The van der Waals surface area contributed by atoms with E-state index in [0.717, 1.165) is 31.1 Å². The van der Waals surface area contributed by atoms with E-state index < -0.39 is 0 Å². The summed E-state index contributed by atoms with van der Waals surface area (Å²) in [5, 5.41) is 3.85. The quantitative estimate of drug-likeness (QED) is 0.713. The van der Waals surface area contributed by atoms with Crippen molar-refractivity contribution in [2.45, 2.75) is 37.4 Å². The van der Waals surface area contributed by atoms with E-state index in [4.69, 9.17) is 13.6 Å². The third-order valence-corrected chi connectivity index (χ3v) is 6.21. The lowest BCUT2D eigenvalue weighted by Gasteiger charge is -2.39. The number of rotatable bonds is 4. The van der Waals surface area contributed by atoms with Crippen molar-refractivity contribution in [1.82, 2.24) is 10.2 Å². The van der Waals surface area contributed by atoms with Gasteiger partial charge < -0.3 is 23.8 Å². The van der Waals surface area contributed by atoms with Gasteiger partial charge in [0, 0.05) is 25.0 Å². The van der Waals surface area contributed by atoms with Crippen LogP contribution in [0.5, 0.6) is 0 Å². The van der Waals surface area contributed by atoms with Crippen LogP contribution in [-0.4, -0.2) is 48.1 Å². The number of para-hydroxylation sites is 1. The Balaban J connectivity index is 1.13. The number of ether oxygens (including phenoxy) is 1. The van der Waals surface area contributed by atoms with Crippen LogP contribution in [0, 0.1) is 0 Å². The first-order valence-corrected chi connectivity index (χ1v) is 10.4. The van der Waals surface area contributed by atoms with Gasteiger partial charge in [-0.2, -0.15) is 0 Å². The third kappa shape index (κ3) is 3.61. The smallest absolute Gasteiger partial charge is 0.287 e. The molecule has 0 aliphatic carbocycles. The molecule has 0 bridgehead atoms. The van der Waals surface area contributed by atoms with Crippen LogP contribution in [0.3, 0.4) is 0 Å². The molecule has 2 saturated heterocycles. The van der Waals surface area contributed by atoms with Crippen molar-refractivity contribution in [1.29, 1.82) is 0 Å². The topological polar surface area (TPSA) is 84.9 Å². The minimum absolute atomic E-state index is 0.00578. The van der Waals surface area contributed by atoms with Gasteiger partial charge in [0.25, 0.3) is 11.8 Å². The Morgan fingerprint density at radius 1 is 1.13 bits per heavy atom. The van der Waals surface area contributed by atoms with Crippen LogP contribution in [0.1, 0.15) is 46.6 Å². The van der Waals surface area contributed by atoms with Crippen LogP contribution < -0.4 is 5.32 Å². The van der Waals surface area contributed by atoms with E-state index in [9.17, 15) is 9.59 Å². The number of hydrogen-bond donors (Lipinski definition) is 1. The maximum Gasteiger partial charge on any atom is 0.287 e. The lowest BCUT2D eigenvalue weighted by molar-refractivity contribution is -0.0712. The predicted molar refractivity (Wildman–Crippen MR) is 109 cm³/mol. The molecule has 5 rings (SSSR count). The van der Waals surface area contributed by atoms with Crippen LogP contribution >= 0.6 is 0 Å².